The maximum absolute atomic E-state index is 12.6. The van der Waals surface area contributed by atoms with Crippen LogP contribution in [0.2, 0.25) is 0 Å². The quantitative estimate of drug-likeness (QED) is 0.852. The predicted molar refractivity (Wildman–Crippen MR) is 68.6 cm³/mol. The number of carbonyl (C=O) groups is 1. The Morgan fingerprint density at radius 3 is 2.76 bits per heavy atom. The maximum atomic E-state index is 12.6. The summed E-state index contributed by atoms with van der Waals surface area (Å²) in [5.74, 6) is -0.391. The molecule has 2 N–H and O–H groups in total. The molecule has 5 nitrogen and oxygen atoms in total. The highest BCUT2D eigenvalue weighted by Crippen LogP contribution is 2.29. The first-order chi connectivity index (χ1) is 9.90. The van der Waals surface area contributed by atoms with E-state index in [0.29, 0.717) is 13.1 Å². The zero-order chi connectivity index (χ0) is 15.5. The van der Waals surface area contributed by atoms with Gasteiger partial charge in [-0.3, -0.25) is 9.48 Å². The van der Waals surface area contributed by atoms with Gasteiger partial charge in [-0.2, -0.15) is 13.2 Å². The van der Waals surface area contributed by atoms with E-state index < -0.39 is 17.5 Å². The number of nitrogens with zero attached hydrogens (tertiary/aromatic N) is 3. The van der Waals surface area contributed by atoms with Crippen LogP contribution in [-0.4, -0.2) is 27.3 Å². The van der Waals surface area contributed by atoms with Crippen molar-refractivity contribution in [1.82, 2.24) is 15.0 Å². The lowest BCUT2D eigenvalue weighted by Gasteiger charge is -2.07. The van der Waals surface area contributed by atoms with Crippen molar-refractivity contribution in [2.24, 2.45) is 5.73 Å². The third kappa shape index (κ3) is 3.88. The molecular weight excluding hydrogens is 285 g/mol. The van der Waals surface area contributed by atoms with E-state index in [-0.39, 0.29) is 17.7 Å². The Bertz CT molecular complexity index is 636. The Kier molecular flexibility index (Phi) is 4.37. The van der Waals surface area contributed by atoms with Crippen LogP contribution in [0.15, 0.2) is 30.5 Å². The molecule has 1 aromatic carbocycles. The summed E-state index contributed by atoms with van der Waals surface area (Å²) >= 11 is 0. The number of nitrogens with two attached hydrogens (primary N) is 1. The van der Waals surface area contributed by atoms with Crippen LogP contribution in [-0.2, 0) is 19.1 Å². The fourth-order valence-corrected chi connectivity index (χ4v) is 1.80. The second kappa shape index (κ2) is 6.04. The van der Waals surface area contributed by atoms with Gasteiger partial charge < -0.3 is 5.73 Å². The number of alkyl halides is 3. The van der Waals surface area contributed by atoms with Crippen LogP contribution in [0.5, 0.6) is 0 Å². The summed E-state index contributed by atoms with van der Waals surface area (Å²) in [5, 5.41) is 7.40. The number of carbonyl (C=O) groups excluding carboxylic acids is 1. The van der Waals surface area contributed by atoms with E-state index in [1.165, 1.54) is 23.0 Å². The number of benzene rings is 1. The minimum atomic E-state index is -4.43. The van der Waals surface area contributed by atoms with Crippen molar-refractivity contribution in [2.45, 2.75) is 19.1 Å². The number of aromatic nitrogens is 3. The molecular formula is C13H13F3N4O. The van der Waals surface area contributed by atoms with E-state index in [1.54, 1.807) is 0 Å². The van der Waals surface area contributed by atoms with E-state index in [9.17, 15) is 18.0 Å². The topological polar surface area (TPSA) is 73.8 Å². The monoisotopic (exact) mass is 298 g/mol. The Hall–Kier alpha value is -2.22. The van der Waals surface area contributed by atoms with Crippen molar-refractivity contribution in [3.05, 3.63) is 47.3 Å². The van der Waals surface area contributed by atoms with Gasteiger partial charge in [-0.15, -0.1) is 5.10 Å². The highest BCUT2D eigenvalue weighted by atomic mass is 19.4. The molecule has 0 aliphatic rings. The number of hydrogen-bond acceptors (Lipinski definition) is 4. The van der Waals surface area contributed by atoms with E-state index in [1.807, 2.05) is 0 Å². The van der Waals surface area contributed by atoms with Gasteiger partial charge in [0.25, 0.3) is 0 Å². The van der Waals surface area contributed by atoms with E-state index >= 15 is 0 Å². The summed E-state index contributed by atoms with van der Waals surface area (Å²) in [6.45, 7) is 0.772. The van der Waals surface area contributed by atoms with Crippen LogP contribution >= 0.6 is 0 Å². The number of hydrogen-bond donors (Lipinski definition) is 1. The minimum absolute atomic E-state index is 0.112. The van der Waals surface area contributed by atoms with Gasteiger partial charge in [0.1, 0.15) is 5.69 Å². The molecule has 1 aromatic heterocycles. The summed E-state index contributed by atoms with van der Waals surface area (Å²) in [6.07, 6.45) is -3.16. The molecule has 0 amide bonds. The molecule has 0 fully saturated rings. The SMILES string of the molecule is NCCn1cc(C(=O)Cc2cccc(C(F)(F)F)c2)nn1. The normalized spacial score (nSPS) is 11.6. The molecule has 0 unspecified atom stereocenters. The molecule has 0 atom stereocenters. The van der Waals surface area contributed by atoms with Gasteiger partial charge in [0, 0.05) is 13.0 Å². The smallest absolute Gasteiger partial charge is 0.329 e. The average Bonchev–Trinajstić information content (AvgIpc) is 2.87. The van der Waals surface area contributed by atoms with Crippen molar-refractivity contribution in [1.29, 1.82) is 0 Å². The summed E-state index contributed by atoms with van der Waals surface area (Å²) in [6, 6.07) is 4.67. The molecule has 112 valence electrons. The average molecular weight is 298 g/mol. The standard InChI is InChI=1S/C13H13F3N4O/c14-13(15,16)10-3-1-2-9(6-10)7-12(21)11-8-20(5-4-17)19-18-11/h1-3,6,8H,4-5,7,17H2. The van der Waals surface area contributed by atoms with Crippen LogP contribution in [0.3, 0.4) is 0 Å². The van der Waals surface area contributed by atoms with Crippen molar-refractivity contribution >= 4 is 5.78 Å². The molecule has 0 bridgehead atoms. The summed E-state index contributed by atoms with van der Waals surface area (Å²) in [4.78, 5) is 12.0. The molecule has 0 saturated carbocycles. The first kappa shape index (κ1) is 15.2. The van der Waals surface area contributed by atoms with E-state index in [4.69, 9.17) is 5.73 Å². The van der Waals surface area contributed by atoms with Gasteiger partial charge in [0.15, 0.2) is 5.78 Å². The second-order valence-electron chi connectivity index (χ2n) is 4.45. The number of ketones is 1. The van der Waals surface area contributed by atoms with Gasteiger partial charge in [-0.05, 0) is 11.6 Å². The highest BCUT2D eigenvalue weighted by molar-refractivity contribution is 5.95. The number of halogens is 3. The lowest BCUT2D eigenvalue weighted by molar-refractivity contribution is -0.137. The molecule has 1 heterocycles. The molecule has 2 rings (SSSR count). The van der Waals surface area contributed by atoms with Crippen molar-refractivity contribution in [3.8, 4) is 0 Å². The van der Waals surface area contributed by atoms with Crippen LogP contribution in [0.25, 0.3) is 0 Å². The van der Waals surface area contributed by atoms with Crippen LogP contribution in [0.4, 0.5) is 13.2 Å². The first-order valence-electron chi connectivity index (χ1n) is 6.19. The van der Waals surface area contributed by atoms with E-state index in [2.05, 4.69) is 10.3 Å². The number of Topliss-reactive ketones (excluding diaryl/α,β-unsaturated/α-hetero) is 1. The van der Waals surface area contributed by atoms with Crippen LogP contribution < -0.4 is 5.73 Å². The van der Waals surface area contributed by atoms with E-state index in [0.717, 1.165) is 12.1 Å². The molecule has 0 radical (unpaired) electrons. The van der Waals surface area contributed by atoms with Crippen LogP contribution in [0.1, 0.15) is 21.6 Å². The lowest BCUT2D eigenvalue weighted by atomic mass is 10.0. The fraction of sp³-hybridized carbons (Fsp3) is 0.308. The second-order valence-corrected chi connectivity index (χ2v) is 4.45. The largest absolute Gasteiger partial charge is 0.416 e. The van der Waals surface area contributed by atoms with Gasteiger partial charge in [-0.25, -0.2) is 0 Å². The van der Waals surface area contributed by atoms with Gasteiger partial charge in [0.05, 0.1) is 18.3 Å². The summed E-state index contributed by atoms with van der Waals surface area (Å²) in [5.41, 5.74) is 4.96. The highest BCUT2D eigenvalue weighted by Gasteiger charge is 2.30. The van der Waals surface area contributed by atoms with Crippen molar-refractivity contribution < 1.29 is 18.0 Å². The summed E-state index contributed by atoms with van der Waals surface area (Å²) in [7, 11) is 0. The van der Waals surface area contributed by atoms with Crippen molar-refractivity contribution in [2.75, 3.05) is 6.54 Å². The lowest BCUT2D eigenvalue weighted by Crippen LogP contribution is -2.10. The van der Waals surface area contributed by atoms with Gasteiger partial charge in [-0.1, -0.05) is 23.4 Å². The molecule has 8 heteroatoms. The van der Waals surface area contributed by atoms with Gasteiger partial charge in [0.2, 0.25) is 0 Å². The van der Waals surface area contributed by atoms with Crippen molar-refractivity contribution in [3.63, 3.8) is 0 Å². The fourth-order valence-electron chi connectivity index (χ4n) is 1.80. The first-order valence-corrected chi connectivity index (χ1v) is 6.19. The van der Waals surface area contributed by atoms with Gasteiger partial charge >= 0.3 is 6.18 Å². The Morgan fingerprint density at radius 2 is 2.10 bits per heavy atom. The number of rotatable bonds is 5. The third-order valence-corrected chi connectivity index (χ3v) is 2.80. The Labute approximate surface area is 118 Å². The Morgan fingerprint density at radius 1 is 1.33 bits per heavy atom. The molecule has 2 aromatic rings. The molecule has 0 aliphatic heterocycles. The summed E-state index contributed by atoms with van der Waals surface area (Å²) < 4.78 is 39.2. The molecule has 0 spiro atoms. The Balaban J connectivity index is 2.12. The zero-order valence-corrected chi connectivity index (χ0v) is 11.0. The van der Waals surface area contributed by atoms with Crippen LogP contribution in [0, 0.1) is 0 Å². The molecule has 21 heavy (non-hydrogen) atoms. The minimum Gasteiger partial charge on any atom is -0.329 e. The molecule has 0 aliphatic carbocycles. The zero-order valence-electron chi connectivity index (χ0n) is 11.0. The maximum Gasteiger partial charge on any atom is 0.416 e. The molecule has 0 saturated heterocycles. The predicted octanol–water partition coefficient (Wildman–Crippen LogP) is 1.68. The third-order valence-electron chi connectivity index (χ3n) is 2.80.